The number of amides is 1. The molecule has 1 atom stereocenters. The normalized spacial score (nSPS) is 18.2. The van der Waals surface area contributed by atoms with E-state index >= 15 is 0 Å². The van der Waals surface area contributed by atoms with Crippen molar-refractivity contribution in [1.29, 1.82) is 0 Å². The molecule has 2 rings (SSSR count). The van der Waals surface area contributed by atoms with Gasteiger partial charge in [0, 0.05) is 45.8 Å². The van der Waals surface area contributed by atoms with E-state index in [9.17, 15) is 13.2 Å². The second-order valence-electron chi connectivity index (χ2n) is 7.51. The first kappa shape index (κ1) is 22.6. The summed E-state index contributed by atoms with van der Waals surface area (Å²) in [6, 6.07) is 7.30. The molecule has 0 unspecified atom stereocenters. The van der Waals surface area contributed by atoms with Crippen molar-refractivity contribution in [3.05, 3.63) is 29.8 Å². The van der Waals surface area contributed by atoms with Crippen molar-refractivity contribution in [3.8, 4) is 0 Å². The molecular formula is C20H34N4O3S. The van der Waals surface area contributed by atoms with Crippen LogP contribution >= 0.6 is 0 Å². The van der Waals surface area contributed by atoms with Gasteiger partial charge in [-0.3, -0.25) is 9.10 Å². The summed E-state index contributed by atoms with van der Waals surface area (Å²) in [7, 11) is 0.931. The number of hydrogen-bond acceptors (Lipinski definition) is 4. The number of carbonyl (C=O) groups excluding carboxylic acids is 1. The van der Waals surface area contributed by atoms with E-state index in [-0.39, 0.29) is 5.91 Å². The van der Waals surface area contributed by atoms with Gasteiger partial charge >= 0.3 is 10.2 Å². The summed E-state index contributed by atoms with van der Waals surface area (Å²) in [5.41, 5.74) is 1.05. The molecule has 1 aromatic carbocycles. The van der Waals surface area contributed by atoms with Gasteiger partial charge in [0.1, 0.15) is 0 Å². The molecule has 1 amide bonds. The average Bonchev–Trinajstić information content (AvgIpc) is 2.70. The van der Waals surface area contributed by atoms with Crippen LogP contribution in [0.15, 0.2) is 24.3 Å². The lowest BCUT2D eigenvalue weighted by molar-refractivity contribution is 0.0947. The van der Waals surface area contributed by atoms with Crippen LogP contribution in [0.25, 0.3) is 0 Å². The lowest BCUT2D eigenvalue weighted by atomic mass is 10.00. The summed E-state index contributed by atoms with van der Waals surface area (Å²) < 4.78 is 26.7. The number of piperidine rings is 1. The zero-order valence-corrected chi connectivity index (χ0v) is 18.3. The van der Waals surface area contributed by atoms with Gasteiger partial charge in [0.2, 0.25) is 0 Å². The Labute approximate surface area is 169 Å². The molecule has 0 bridgehead atoms. The molecule has 1 aliphatic heterocycles. The first-order chi connectivity index (χ1) is 13.3. The van der Waals surface area contributed by atoms with Crippen LogP contribution in [0.4, 0.5) is 5.69 Å². The van der Waals surface area contributed by atoms with Crippen LogP contribution in [0.2, 0.25) is 0 Å². The predicted molar refractivity (Wildman–Crippen MR) is 114 cm³/mol. The predicted octanol–water partition coefficient (Wildman–Crippen LogP) is 2.31. The van der Waals surface area contributed by atoms with Gasteiger partial charge in [0.25, 0.3) is 5.91 Å². The number of carbonyl (C=O) groups is 1. The zero-order valence-electron chi connectivity index (χ0n) is 17.5. The topological polar surface area (TPSA) is 73.0 Å². The van der Waals surface area contributed by atoms with E-state index < -0.39 is 10.2 Å². The highest BCUT2D eigenvalue weighted by molar-refractivity contribution is 7.90. The maximum Gasteiger partial charge on any atom is 0.303 e. The van der Waals surface area contributed by atoms with Gasteiger partial charge < -0.3 is 10.2 Å². The molecule has 28 heavy (non-hydrogen) atoms. The summed E-state index contributed by atoms with van der Waals surface area (Å²) in [5.74, 6) is -0.129. The van der Waals surface area contributed by atoms with Gasteiger partial charge in [0.05, 0.1) is 5.69 Å². The average molecular weight is 411 g/mol. The second-order valence-corrected chi connectivity index (χ2v) is 9.68. The number of anilines is 1. The van der Waals surface area contributed by atoms with Crippen LogP contribution in [0.5, 0.6) is 0 Å². The third-order valence-corrected chi connectivity index (χ3v) is 7.25. The highest BCUT2D eigenvalue weighted by Gasteiger charge is 2.21. The maximum absolute atomic E-state index is 12.3. The van der Waals surface area contributed by atoms with Crippen LogP contribution in [0.3, 0.4) is 0 Å². The number of hydrogen-bond donors (Lipinski definition) is 1. The zero-order chi connectivity index (χ0) is 20.7. The van der Waals surface area contributed by atoms with Crippen LogP contribution in [-0.2, 0) is 10.2 Å². The highest BCUT2D eigenvalue weighted by atomic mass is 32.2. The van der Waals surface area contributed by atoms with Crippen molar-refractivity contribution in [2.24, 2.45) is 0 Å². The van der Waals surface area contributed by atoms with Crippen molar-refractivity contribution >= 4 is 21.8 Å². The molecule has 0 saturated carbocycles. The molecule has 1 fully saturated rings. The Morgan fingerprint density at radius 2 is 1.86 bits per heavy atom. The number of nitrogens with one attached hydrogen (secondary N) is 1. The Bertz CT molecular complexity index is 734. The second kappa shape index (κ2) is 10.2. The molecule has 1 heterocycles. The molecule has 1 aromatic rings. The van der Waals surface area contributed by atoms with Crippen molar-refractivity contribution in [1.82, 2.24) is 14.5 Å². The van der Waals surface area contributed by atoms with Gasteiger partial charge in [0.15, 0.2) is 0 Å². The smallest absolute Gasteiger partial charge is 0.303 e. The summed E-state index contributed by atoms with van der Waals surface area (Å²) >= 11 is 0. The SMILES string of the molecule is CC[C@H]1CCCCN1CCCNC(=O)c1ccc(N(C)S(=O)(=O)N(C)C)cc1. The summed E-state index contributed by atoms with van der Waals surface area (Å²) in [6.07, 6.45) is 6.01. The molecule has 158 valence electrons. The van der Waals surface area contributed by atoms with Crippen LogP contribution in [-0.4, -0.2) is 70.3 Å². The number of likely N-dealkylation sites (tertiary alicyclic amines) is 1. The molecule has 1 N–H and O–H groups in total. The van der Waals surface area contributed by atoms with Crippen molar-refractivity contribution in [2.75, 3.05) is 45.1 Å². The Kier molecular flexibility index (Phi) is 8.27. The number of benzene rings is 1. The lowest BCUT2D eigenvalue weighted by Crippen LogP contribution is -2.40. The van der Waals surface area contributed by atoms with Crippen LogP contribution in [0.1, 0.15) is 49.4 Å². The van der Waals surface area contributed by atoms with E-state index in [0.29, 0.717) is 23.8 Å². The molecule has 0 aromatic heterocycles. The van der Waals surface area contributed by atoms with Gasteiger partial charge in [-0.15, -0.1) is 0 Å². The van der Waals surface area contributed by atoms with Crippen molar-refractivity contribution in [3.63, 3.8) is 0 Å². The summed E-state index contributed by atoms with van der Waals surface area (Å²) in [4.78, 5) is 14.9. The minimum atomic E-state index is -3.54. The van der Waals surface area contributed by atoms with Gasteiger partial charge in [-0.05, 0) is 56.5 Å². The van der Waals surface area contributed by atoms with E-state index in [1.54, 1.807) is 24.3 Å². The van der Waals surface area contributed by atoms with E-state index in [0.717, 1.165) is 23.8 Å². The minimum Gasteiger partial charge on any atom is -0.352 e. The van der Waals surface area contributed by atoms with E-state index in [2.05, 4.69) is 17.1 Å². The van der Waals surface area contributed by atoms with E-state index in [4.69, 9.17) is 0 Å². The number of rotatable bonds is 9. The minimum absolute atomic E-state index is 0.129. The fraction of sp³-hybridized carbons (Fsp3) is 0.650. The quantitative estimate of drug-likeness (QED) is 0.634. The molecule has 0 spiro atoms. The first-order valence-corrected chi connectivity index (χ1v) is 11.5. The maximum atomic E-state index is 12.3. The fourth-order valence-corrected chi connectivity index (χ4v) is 4.48. The van der Waals surface area contributed by atoms with E-state index in [1.807, 2.05) is 0 Å². The Hall–Kier alpha value is -1.64. The van der Waals surface area contributed by atoms with Crippen LogP contribution in [0, 0.1) is 0 Å². The summed E-state index contributed by atoms with van der Waals surface area (Å²) in [5, 5.41) is 2.96. The van der Waals surface area contributed by atoms with Crippen molar-refractivity contribution < 1.29 is 13.2 Å². The highest BCUT2D eigenvalue weighted by Crippen LogP contribution is 2.20. The molecule has 1 aliphatic rings. The monoisotopic (exact) mass is 410 g/mol. The lowest BCUT2D eigenvalue weighted by Gasteiger charge is -2.35. The fourth-order valence-electron chi connectivity index (χ4n) is 3.60. The standard InChI is InChI=1S/C20H34N4O3S/c1-5-18-9-6-7-15-24(18)16-8-14-21-20(25)17-10-12-19(13-11-17)23(4)28(26,27)22(2)3/h10-13,18H,5-9,14-16H2,1-4H3,(H,21,25)/t18-/m0/s1. The van der Waals surface area contributed by atoms with Gasteiger partial charge in [-0.1, -0.05) is 13.3 Å². The molecule has 0 radical (unpaired) electrons. The third-order valence-electron chi connectivity index (χ3n) is 5.43. The Morgan fingerprint density at radius 3 is 2.46 bits per heavy atom. The molecule has 0 aliphatic carbocycles. The van der Waals surface area contributed by atoms with Gasteiger partial charge in [-0.2, -0.15) is 12.7 Å². The van der Waals surface area contributed by atoms with Crippen molar-refractivity contribution in [2.45, 2.75) is 45.1 Å². The summed E-state index contributed by atoms with van der Waals surface area (Å²) in [6.45, 7) is 5.07. The van der Waals surface area contributed by atoms with E-state index in [1.165, 1.54) is 51.1 Å². The van der Waals surface area contributed by atoms with Crippen LogP contribution < -0.4 is 9.62 Å². The third kappa shape index (κ3) is 5.68. The van der Waals surface area contributed by atoms with Gasteiger partial charge in [-0.25, -0.2) is 0 Å². The Balaban J connectivity index is 1.83. The largest absolute Gasteiger partial charge is 0.352 e. The molecular weight excluding hydrogens is 376 g/mol. The molecule has 7 nitrogen and oxygen atoms in total. The molecule has 1 saturated heterocycles. The number of nitrogens with zero attached hydrogens (tertiary/aromatic N) is 3. The molecule has 8 heteroatoms. The first-order valence-electron chi connectivity index (χ1n) is 10.1. The Morgan fingerprint density at radius 1 is 1.18 bits per heavy atom.